The average Bonchev–Trinajstić information content (AvgIpc) is 3.00. The number of amides is 1. The van der Waals surface area contributed by atoms with E-state index in [4.69, 9.17) is 0 Å². The van der Waals surface area contributed by atoms with Crippen LogP contribution in [0.4, 0.5) is 0 Å². The first-order chi connectivity index (χ1) is 9.95. The van der Waals surface area contributed by atoms with Crippen LogP contribution in [0.2, 0.25) is 0 Å². The highest BCUT2D eigenvalue weighted by Crippen LogP contribution is 2.22. The molecule has 8 heteroatoms. The maximum atomic E-state index is 12.4. The van der Waals surface area contributed by atoms with Gasteiger partial charge in [-0.1, -0.05) is 6.92 Å². The number of likely N-dealkylation sites (tertiary alicyclic amines) is 1. The van der Waals surface area contributed by atoms with Crippen LogP contribution in [0.1, 0.15) is 39.2 Å². The van der Waals surface area contributed by atoms with Crippen LogP contribution in [0.3, 0.4) is 0 Å². The number of rotatable bonds is 5. The van der Waals surface area contributed by atoms with Crippen LogP contribution < -0.4 is 0 Å². The molecule has 0 aromatic carbocycles. The molecule has 0 spiro atoms. The molecule has 2 unspecified atom stereocenters. The van der Waals surface area contributed by atoms with Crippen molar-refractivity contribution < 1.29 is 13.2 Å². The number of piperidine rings is 1. The van der Waals surface area contributed by atoms with Gasteiger partial charge in [0.25, 0.3) is 0 Å². The second-order valence-corrected chi connectivity index (χ2v) is 7.91. The Morgan fingerprint density at radius 1 is 1.48 bits per heavy atom. The van der Waals surface area contributed by atoms with Gasteiger partial charge in [0.2, 0.25) is 5.91 Å². The Kier molecular flexibility index (Phi) is 4.97. The molecule has 1 aliphatic heterocycles. The first kappa shape index (κ1) is 15.9. The van der Waals surface area contributed by atoms with E-state index in [1.807, 2.05) is 0 Å². The molecule has 2 rings (SSSR count). The Balaban J connectivity index is 2.05. The smallest absolute Gasteiger partial charge is 0.240 e. The van der Waals surface area contributed by atoms with Crippen LogP contribution in [-0.2, 0) is 14.6 Å². The topological polar surface area (TPSA) is 85.2 Å². The molecule has 1 aliphatic rings. The van der Waals surface area contributed by atoms with Gasteiger partial charge >= 0.3 is 0 Å². The van der Waals surface area contributed by atoms with E-state index >= 15 is 0 Å². The zero-order chi connectivity index (χ0) is 15.5. The number of carbonyl (C=O) groups is 1. The summed E-state index contributed by atoms with van der Waals surface area (Å²) in [6.07, 6.45) is 5.40. The van der Waals surface area contributed by atoms with Crippen LogP contribution >= 0.6 is 0 Å². The molecule has 0 N–H and O–H groups in total. The molecule has 0 bridgehead atoms. The van der Waals surface area contributed by atoms with Crippen molar-refractivity contribution in [2.24, 2.45) is 0 Å². The van der Waals surface area contributed by atoms with E-state index in [0.29, 0.717) is 19.5 Å². The Bertz CT molecular complexity index is 570. The van der Waals surface area contributed by atoms with Crippen molar-refractivity contribution in [1.82, 2.24) is 19.7 Å². The number of nitrogens with zero attached hydrogens (tertiary/aromatic N) is 4. The van der Waals surface area contributed by atoms with Crippen molar-refractivity contribution in [1.29, 1.82) is 0 Å². The minimum absolute atomic E-state index is 0.0558. The molecule has 1 aromatic heterocycles. The monoisotopic (exact) mass is 314 g/mol. The number of hydrogen-bond donors (Lipinski definition) is 0. The van der Waals surface area contributed by atoms with Gasteiger partial charge in [0, 0.05) is 13.1 Å². The van der Waals surface area contributed by atoms with Gasteiger partial charge in [-0.2, -0.15) is 5.10 Å². The van der Waals surface area contributed by atoms with E-state index in [1.54, 1.807) is 22.8 Å². The highest BCUT2D eigenvalue weighted by Gasteiger charge is 2.33. The van der Waals surface area contributed by atoms with Gasteiger partial charge in [0.15, 0.2) is 9.84 Å². The van der Waals surface area contributed by atoms with Crippen LogP contribution in [0.5, 0.6) is 0 Å². The highest BCUT2D eigenvalue weighted by molar-refractivity contribution is 7.92. The second kappa shape index (κ2) is 6.55. The van der Waals surface area contributed by atoms with E-state index in [2.05, 4.69) is 10.1 Å². The lowest BCUT2D eigenvalue weighted by Crippen LogP contribution is -2.47. The standard InChI is InChI=1S/C13H22N4O3S/c1-3-7-21(19,20)11(2)13(18)16-6-4-5-12(8-16)17-10-14-9-15-17/h9-12H,3-8H2,1-2H3. The summed E-state index contributed by atoms with van der Waals surface area (Å²) in [7, 11) is -3.36. The zero-order valence-electron chi connectivity index (χ0n) is 12.5. The SMILES string of the molecule is CCCS(=O)(=O)C(C)C(=O)N1CCCC(n2cncn2)C1. The molecule has 0 saturated carbocycles. The molecule has 21 heavy (non-hydrogen) atoms. The Labute approximate surface area is 125 Å². The summed E-state index contributed by atoms with van der Waals surface area (Å²) in [5.41, 5.74) is 0. The van der Waals surface area contributed by atoms with Crippen molar-refractivity contribution in [3.63, 3.8) is 0 Å². The lowest BCUT2D eigenvalue weighted by Gasteiger charge is -2.34. The molecular weight excluding hydrogens is 292 g/mol. The van der Waals surface area contributed by atoms with E-state index in [9.17, 15) is 13.2 Å². The largest absolute Gasteiger partial charge is 0.339 e. The predicted molar refractivity (Wildman–Crippen MR) is 78.4 cm³/mol. The third-order valence-electron chi connectivity index (χ3n) is 3.89. The fourth-order valence-electron chi connectivity index (χ4n) is 2.65. The predicted octanol–water partition coefficient (Wildman–Crippen LogP) is 0.655. The molecule has 0 aliphatic carbocycles. The minimum atomic E-state index is -3.36. The van der Waals surface area contributed by atoms with Gasteiger partial charge in [-0.05, 0) is 26.2 Å². The lowest BCUT2D eigenvalue weighted by atomic mass is 10.1. The van der Waals surface area contributed by atoms with Crippen LogP contribution in [0, 0.1) is 0 Å². The van der Waals surface area contributed by atoms with E-state index in [0.717, 1.165) is 12.8 Å². The fourth-order valence-corrected chi connectivity index (χ4v) is 4.03. The van der Waals surface area contributed by atoms with Crippen LogP contribution in [-0.4, -0.2) is 58.1 Å². The van der Waals surface area contributed by atoms with E-state index < -0.39 is 15.1 Å². The first-order valence-corrected chi connectivity index (χ1v) is 9.01. The van der Waals surface area contributed by atoms with Crippen LogP contribution in [0.25, 0.3) is 0 Å². The quantitative estimate of drug-likeness (QED) is 0.797. The van der Waals surface area contributed by atoms with Crippen molar-refractivity contribution in [2.45, 2.75) is 44.4 Å². The molecule has 2 heterocycles. The number of aromatic nitrogens is 3. The summed E-state index contributed by atoms with van der Waals surface area (Å²) in [4.78, 5) is 18.0. The molecular formula is C13H22N4O3S. The second-order valence-electron chi connectivity index (χ2n) is 5.47. The van der Waals surface area contributed by atoms with Gasteiger partial charge in [-0.3, -0.25) is 4.79 Å². The summed E-state index contributed by atoms with van der Waals surface area (Å²) in [5, 5.41) is 3.14. The molecule has 118 valence electrons. The lowest BCUT2D eigenvalue weighted by molar-refractivity contribution is -0.132. The third-order valence-corrected chi connectivity index (χ3v) is 6.15. The summed E-state index contributed by atoms with van der Waals surface area (Å²) < 4.78 is 25.8. The highest BCUT2D eigenvalue weighted by atomic mass is 32.2. The normalized spacial score (nSPS) is 21.2. The summed E-state index contributed by atoms with van der Waals surface area (Å²) in [5.74, 6) is -0.242. The van der Waals surface area contributed by atoms with E-state index in [1.165, 1.54) is 13.3 Å². The molecule has 1 amide bonds. The maximum absolute atomic E-state index is 12.4. The van der Waals surface area contributed by atoms with Gasteiger partial charge in [-0.15, -0.1) is 0 Å². The molecule has 1 fully saturated rings. The molecule has 1 saturated heterocycles. The minimum Gasteiger partial charge on any atom is -0.339 e. The maximum Gasteiger partial charge on any atom is 0.240 e. The summed E-state index contributed by atoms with van der Waals surface area (Å²) in [6.45, 7) is 4.40. The van der Waals surface area contributed by atoms with Gasteiger partial charge < -0.3 is 4.90 Å². The first-order valence-electron chi connectivity index (χ1n) is 7.30. The van der Waals surface area contributed by atoms with Gasteiger partial charge in [0.1, 0.15) is 17.9 Å². The number of sulfone groups is 1. The number of hydrogen-bond acceptors (Lipinski definition) is 5. The number of carbonyl (C=O) groups excluding carboxylic acids is 1. The Morgan fingerprint density at radius 3 is 2.86 bits per heavy atom. The molecule has 2 atom stereocenters. The summed E-state index contributed by atoms with van der Waals surface area (Å²) in [6, 6.07) is 0.0753. The zero-order valence-corrected chi connectivity index (χ0v) is 13.3. The Morgan fingerprint density at radius 2 is 2.24 bits per heavy atom. The van der Waals surface area contributed by atoms with Crippen molar-refractivity contribution in [3.05, 3.63) is 12.7 Å². The van der Waals surface area contributed by atoms with Crippen molar-refractivity contribution >= 4 is 15.7 Å². The summed E-state index contributed by atoms with van der Waals surface area (Å²) >= 11 is 0. The third kappa shape index (κ3) is 3.61. The Hall–Kier alpha value is -1.44. The molecule has 0 radical (unpaired) electrons. The van der Waals surface area contributed by atoms with E-state index in [-0.39, 0.29) is 17.7 Å². The van der Waals surface area contributed by atoms with Gasteiger partial charge in [-0.25, -0.2) is 18.1 Å². The van der Waals surface area contributed by atoms with Crippen molar-refractivity contribution in [2.75, 3.05) is 18.8 Å². The van der Waals surface area contributed by atoms with Gasteiger partial charge in [0.05, 0.1) is 11.8 Å². The molecule has 7 nitrogen and oxygen atoms in total. The molecule has 1 aromatic rings. The fraction of sp³-hybridized carbons (Fsp3) is 0.769. The van der Waals surface area contributed by atoms with Crippen LogP contribution in [0.15, 0.2) is 12.7 Å². The van der Waals surface area contributed by atoms with Crippen molar-refractivity contribution in [3.8, 4) is 0 Å². The average molecular weight is 314 g/mol.